The van der Waals surface area contributed by atoms with E-state index >= 15 is 0 Å². The second-order valence-electron chi connectivity index (χ2n) is 6.11. The van der Waals surface area contributed by atoms with Crippen molar-refractivity contribution in [2.24, 2.45) is 0 Å². The number of halogens is 1. The third-order valence-corrected chi connectivity index (χ3v) is 5.33. The molecule has 26 heavy (non-hydrogen) atoms. The first kappa shape index (κ1) is 20.8. The molecular formula is C20H26ClN3OS. The molecule has 0 radical (unpaired) electrons. The standard InChI is InChI=1S/C20H25N3OS.ClH/c24-20(22-11-6-14-23-15-12-21-13-16-23)18-9-4-5-10-19(18)25-17-7-2-1-3-8-17;/h1-5,7-10,21H,6,11-16H2,(H,22,24);1H. The molecular weight excluding hydrogens is 366 g/mol. The van der Waals surface area contributed by atoms with Crippen molar-refractivity contribution in [3.8, 4) is 0 Å². The Bertz CT molecular complexity index is 678. The summed E-state index contributed by atoms with van der Waals surface area (Å²) in [6.45, 7) is 6.09. The van der Waals surface area contributed by atoms with Gasteiger partial charge >= 0.3 is 0 Å². The van der Waals surface area contributed by atoms with Gasteiger partial charge in [0.05, 0.1) is 5.56 Å². The number of piperazine rings is 1. The van der Waals surface area contributed by atoms with Crippen molar-refractivity contribution in [3.05, 3.63) is 60.2 Å². The van der Waals surface area contributed by atoms with Gasteiger partial charge in [0.15, 0.2) is 0 Å². The summed E-state index contributed by atoms with van der Waals surface area (Å²) in [5.41, 5.74) is 0.749. The first-order chi connectivity index (χ1) is 12.3. The zero-order valence-corrected chi connectivity index (χ0v) is 16.5. The average molecular weight is 392 g/mol. The summed E-state index contributed by atoms with van der Waals surface area (Å²) >= 11 is 1.63. The number of nitrogens with zero attached hydrogens (tertiary/aromatic N) is 1. The van der Waals surface area contributed by atoms with Crippen molar-refractivity contribution >= 4 is 30.1 Å². The lowest BCUT2D eigenvalue weighted by molar-refractivity contribution is 0.0948. The van der Waals surface area contributed by atoms with Gasteiger partial charge in [-0.05, 0) is 37.2 Å². The van der Waals surface area contributed by atoms with Crippen LogP contribution in [-0.2, 0) is 0 Å². The lowest BCUT2D eigenvalue weighted by Gasteiger charge is -2.27. The number of rotatable bonds is 7. The van der Waals surface area contributed by atoms with Crippen LogP contribution in [0.2, 0.25) is 0 Å². The fraction of sp³-hybridized carbons (Fsp3) is 0.350. The number of benzene rings is 2. The molecule has 140 valence electrons. The quantitative estimate of drug-likeness (QED) is 0.711. The van der Waals surface area contributed by atoms with Gasteiger partial charge in [-0.15, -0.1) is 12.4 Å². The highest BCUT2D eigenvalue weighted by atomic mass is 35.5. The summed E-state index contributed by atoms with van der Waals surface area (Å²) in [7, 11) is 0. The van der Waals surface area contributed by atoms with Crippen LogP contribution in [0.15, 0.2) is 64.4 Å². The maximum Gasteiger partial charge on any atom is 0.252 e. The minimum Gasteiger partial charge on any atom is -0.352 e. The van der Waals surface area contributed by atoms with E-state index < -0.39 is 0 Å². The van der Waals surface area contributed by atoms with Crippen LogP contribution in [0.3, 0.4) is 0 Å². The van der Waals surface area contributed by atoms with E-state index in [0.29, 0.717) is 6.54 Å². The van der Waals surface area contributed by atoms with E-state index in [4.69, 9.17) is 0 Å². The maximum atomic E-state index is 12.6. The molecule has 2 aromatic carbocycles. The molecule has 6 heteroatoms. The van der Waals surface area contributed by atoms with E-state index in [-0.39, 0.29) is 18.3 Å². The highest BCUT2D eigenvalue weighted by Gasteiger charge is 2.12. The first-order valence-electron chi connectivity index (χ1n) is 8.86. The van der Waals surface area contributed by atoms with Crippen LogP contribution >= 0.6 is 24.2 Å². The van der Waals surface area contributed by atoms with Gasteiger partial charge < -0.3 is 15.5 Å². The Labute approximate surface area is 166 Å². The van der Waals surface area contributed by atoms with E-state index in [1.165, 1.54) is 0 Å². The predicted octanol–water partition coefficient (Wildman–Crippen LogP) is 3.28. The van der Waals surface area contributed by atoms with Gasteiger partial charge in [0.2, 0.25) is 0 Å². The average Bonchev–Trinajstić information content (AvgIpc) is 2.67. The molecule has 0 unspecified atom stereocenters. The topological polar surface area (TPSA) is 44.4 Å². The summed E-state index contributed by atoms with van der Waals surface area (Å²) in [6, 6.07) is 18.0. The molecule has 1 aliphatic heterocycles. The maximum absolute atomic E-state index is 12.6. The minimum atomic E-state index is 0. The van der Waals surface area contributed by atoms with Crippen LogP contribution in [0.25, 0.3) is 0 Å². The monoisotopic (exact) mass is 391 g/mol. The van der Waals surface area contributed by atoms with Crippen LogP contribution < -0.4 is 10.6 Å². The van der Waals surface area contributed by atoms with Crippen molar-refractivity contribution in [2.75, 3.05) is 39.3 Å². The van der Waals surface area contributed by atoms with E-state index in [0.717, 1.165) is 54.5 Å². The van der Waals surface area contributed by atoms with Gasteiger partial charge in [-0.1, -0.05) is 42.1 Å². The first-order valence-corrected chi connectivity index (χ1v) is 9.68. The second-order valence-corrected chi connectivity index (χ2v) is 7.23. The minimum absolute atomic E-state index is 0. The van der Waals surface area contributed by atoms with Gasteiger partial charge in [0.1, 0.15) is 0 Å². The van der Waals surface area contributed by atoms with Gasteiger partial charge in [-0.25, -0.2) is 0 Å². The molecule has 2 N–H and O–H groups in total. The molecule has 0 saturated carbocycles. The number of amides is 1. The molecule has 1 amide bonds. The Morgan fingerprint density at radius 3 is 2.50 bits per heavy atom. The van der Waals surface area contributed by atoms with Gasteiger partial charge in [0, 0.05) is 42.5 Å². The SMILES string of the molecule is Cl.O=C(NCCCN1CCNCC1)c1ccccc1Sc1ccccc1. The smallest absolute Gasteiger partial charge is 0.252 e. The van der Waals surface area contributed by atoms with Crippen LogP contribution in [0.5, 0.6) is 0 Å². The summed E-state index contributed by atoms with van der Waals surface area (Å²) in [5, 5.41) is 6.43. The lowest BCUT2D eigenvalue weighted by Crippen LogP contribution is -2.44. The fourth-order valence-corrected chi connectivity index (χ4v) is 3.86. The molecule has 1 saturated heterocycles. The molecule has 2 aromatic rings. The largest absolute Gasteiger partial charge is 0.352 e. The molecule has 1 heterocycles. The third-order valence-electron chi connectivity index (χ3n) is 4.25. The van der Waals surface area contributed by atoms with Crippen molar-refractivity contribution < 1.29 is 4.79 Å². The molecule has 0 spiro atoms. The molecule has 1 aliphatic rings. The number of carbonyl (C=O) groups excluding carboxylic acids is 1. The summed E-state index contributed by atoms with van der Waals surface area (Å²) < 4.78 is 0. The molecule has 0 atom stereocenters. The zero-order valence-electron chi connectivity index (χ0n) is 14.8. The van der Waals surface area contributed by atoms with Gasteiger partial charge in [-0.2, -0.15) is 0 Å². The fourth-order valence-electron chi connectivity index (χ4n) is 2.89. The molecule has 3 rings (SSSR count). The molecule has 0 aromatic heterocycles. The lowest BCUT2D eigenvalue weighted by atomic mass is 10.2. The third kappa shape index (κ3) is 6.32. The van der Waals surface area contributed by atoms with Crippen molar-refractivity contribution in [2.45, 2.75) is 16.2 Å². The number of carbonyl (C=O) groups is 1. The van der Waals surface area contributed by atoms with Gasteiger partial charge in [0.25, 0.3) is 5.91 Å². The Kier molecular flexibility index (Phi) is 8.98. The van der Waals surface area contributed by atoms with E-state index in [1.807, 2.05) is 42.5 Å². The normalized spacial score (nSPS) is 14.5. The van der Waals surface area contributed by atoms with Crippen molar-refractivity contribution in [1.29, 1.82) is 0 Å². The molecule has 0 bridgehead atoms. The zero-order chi connectivity index (χ0) is 17.3. The van der Waals surface area contributed by atoms with Gasteiger partial charge in [-0.3, -0.25) is 4.79 Å². The number of hydrogen-bond acceptors (Lipinski definition) is 4. The van der Waals surface area contributed by atoms with E-state index in [2.05, 4.69) is 27.7 Å². The Morgan fingerprint density at radius 1 is 1.04 bits per heavy atom. The molecule has 4 nitrogen and oxygen atoms in total. The number of hydrogen-bond donors (Lipinski definition) is 2. The number of nitrogens with one attached hydrogen (secondary N) is 2. The summed E-state index contributed by atoms with van der Waals surface area (Å²) in [4.78, 5) is 17.1. The van der Waals surface area contributed by atoms with E-state index in [9.17, 15) is 4.79 Å². The van der Waals surface area contributed by atoms with Crippen LogP contribution in [-0.4, -0.2) is 50.1 Å². The predicted molar refractivity (Wildman–Crippen MR) is 111 cm³/mol. The highest BCUT2D eigenvalue weighted by Crippen LogP contribution is 2.30. The molecule has 0 aliphatic carbocycles. The van der Waals surface area contributed by atoms with Crippen molar-refractivity contribution in [1.82, 2.24) is 15.5 Å². The Hall–Kier alpha value is -1.53. The van der Waals surface area contributed by atoms with E-state index in [1.54, 1.807) is 11.8 Å². The second kappa shape index (κ2) is 11.2. The highest BCUT2D eigenvalue weighted by molar-refractivity contribution is 7.99. The summed E-state index contributed by atoms with van der Waals surface area (Å²) in [6.07, 6.45) is 0.986. The summed E-state index contributed by atoms with van der Waals surface area (Å²) in [5.74, 6) is 0.0133. The Morgan fingerprint density at radius 2 is 1.73 bits per heavy atom. The Balaban J connectivity index is 0.00000243. The van der Waals surface area contributed by atoms with Crippen LogP contribution in [0, 0.1) is 0 Å². The van der Waals surface area contributed by atoms with Crippen LogP contribution in [0.4, 0.5) is 0 Å². The van der Waals surface area contributed by atoms with Crippen molar-refractivity contribution in [3.63, 3.8) is 0 Å². The van der Waals surface area contributed by atoms with Crippen LogP contribution in [0.1, 0.15) is 16.8 Å². The molecule has 1 fully saturated rings.